The highest BCUT2D eigenvalue weighted by molar-refractivity contribution is 7.89. The maximum atomic E-state index is 13.1. The van der Waals surface area contributed by atoms with Gasteiger partial charge >= 0.3 is 0 Å². The Balaban J connectivity index is 1.83. The quantitative estimate of drug-likeness (QED) is 0.893. The first-order valence-corrected chi connectivity index (χ1v) is 10.4. The number of nitrogens with zero attached hydrogens (tertiary/aromatic N) is 2. The number of hydrogen-bond acceptors (Lipinski definition) is 4. The summed E-state index contributed by atoms with van der Waals surface area (Å²) in [5.41, 5.74) is 1.86. The Bertz CT molecular complexity index is 830. The van der Waals surface area contributed by atoms with Crippen molar-refractivity contribution in [3.8, 4) is 16.9 Å². The van der Waals surface area contributed by atoms with Crippen LogP contribution in [0.2, 0.25) is 0 Å². The van der Waals surface area contributed by atoms with Crippen molar-refractivity contribution in [1.29, 1.82) is 0 Å². The summed E-state index contributed by atoms with van der Waals surface area (Å²) in [6.45, 7) is 1.11. The van der Waals surface area contributed by atoms with E-state index in [0.717, 1.165) is 30.4 Å². The van der Waals surface area contributed by atoms with E-state index in [9.17, 15) is 13.5 Å². The number of benzene rings is 2. The predicted molar refractivity (Wildman–Crippen MR) is 104 cm³/mol. The van der Waals surface area contributed by atoms with Gasteiger partial charge in [-0.05, 0) is 62.3 Å². The van der Waals surface area contributed by atoms with Crippen molar-refractivity contribution in [3.05, 3.63) is 48.5 Å². The number of phenols is 1. The second-order valence-electron chi connectivity index (χ2n) is 7.05. The molecule has 0 aromatic heterocycles. The van der Waals surface area contributed by atoms with Crippen molar-refractivity contribution < 1.29 is 13.5 Å². The SMILES string of the molecule is CN(C)C1CCCCN(S(=O)(=O)c2ccc(-c3ccc(O)cc3)cc2)C1. The molecule has 1 N–H and O–H groups in total. The first-order valence-electron chi connectivity index (χ1n) is 8.94. The number of aromatic hydroxyl groups is 1. The molecular weight excluding hydrogens is 348 g/mol. The number of likely N-dealkylation sites (N-methyl/N-ethyl adjacent to an activating group) is 1. The number of sulfonamides is 1. The maximum Gasteiger partial charge on any atom is 0.243 e. The maximum absolute atomic E-state index is 13.1. The minimum absolute atomic E-state index is 0.213. The molecule has 0 amide bonds. The minimum Gasteiger partial charge on any atom is -0.508 e. The van der Waals surface area contributed by atoms with Crippen molar-refractivity contribution in [2.75, 3.05) is 27.2 Å². The van der Waals surface area contributed by atoms with Crippen molar-refractivity contribution >= 4 is 10.0 Å². The first-order chi connectivity index (χ1) is 12.4. The largest absolute Gasteiger partial charge is 0.508 e. The third-order valence-corrected chi connectivity index (χ3v) is 6.91. The van der Waals surface area contributed by atoms with E-state index < -0.39 is 10.0 Å². The van der Waals surface area contributed by atoms with Crippen LogP contribution in [0.4, 0.5) is 0 Å². The average molecular weight is 375 g/mol. The van der Waals surface area contributed by atoms with E-state index in [1.807, 2.05) is 38.4 Å². The van der Waals surface area contributed by atoms with Gasteiger partial charge in [-0.2, -0.15) is 4.31 Å². The lowest BCUT2D eigenvalue weighted by Crippen LogP contribution is -2.41. The molecule has 1 fully saturated rings. The van der Waals surface area contributed by atoms with E-state index in [1.54, 1.807) is 28.6 Å². The Morgan fingerprint density at radius 3 is 2.12 bits per heavy atom. The number of hydrogen-bond donors (Lipinski definition) is 1. The molecule has 0 saturated carbocycles. The van der Waals surface area contributed by atoms with Crippen LogP contribution in [-0.4, -0.2) is 56.0 Å². The van der Waals surface area contributed by atoms with Gasteiger partial charge in [0.05, 0.1) is 4.90 Å². The van der Waals surface area contributed by atoms with Crippen molar-refractivity contribution in [2.45, 2.75) is 30.2 Å². The molecule has 26 heavy (non-hydrogen) atoms. The molecule has 140 valence electrons. The minimum atomic E-state index is -3.49. The summed E-state index contributed by atoms with van der Waals surface area (Å²) in [6, 6.07) is 14.1. The fraction of sp³-hybridized carbons (Fsp3) is 0.400. The summed E-state index contributed by atoms with van der Waals surface area (Å²) < 4.78 is 27.8. The summed E-state index contributed by atoms with van der Waals surface area (Å²) >= 11 is 0. The molecule has 0 bridgehead atoms. The van der Waals surface area contributed by atoms with E-state index >= 15 is 0 Å². The Kier molecular flexibility index (Phi) is 5.65. The van der Waals surface area contributed by atoms with E-state index in [-0.39, 0.29) is 11.8 Å². The second-order valence-corrected chi connectivity index (χ2v) is 8.99. The molecule has 0 radical (unpaired) electrons. The third kappa shape index (κ3) is 4.09. The topological polar surface area (TPSA) is 60.9 Å². The van der Waals surface area contributed by atoms with Crippen LogP contribution >= 0.6 is 0 Å². The summed E-state index contributed by atoms with van der Waals surface area (Å²) in [5, 5.41) is 9.39. The van der Waals surface area contributed by atoms with Gasteiger partial charge in [0.1, 0.15) is 5.75 Å². The van der Waals surface area contributed by atoms with Gasteiger partial charge < -0.3 is 10.0 Å². The first kappa shape index (κ1) is 18.9. The van der Waals surface area contributed by atoms with Crippen LogP contribution in [0.25, 0.3) is 11.1 Å². The van der Waals surface area contributed by atoms with Gasteiger partial charge in [0.2, 0.25) is 10.0 Å². The Hall–Kier alpha value is -1.89. The molecule has 2 aromatic rings. The molecule has 0 aliphatic carbocycles. The second kappa shape index (κ2) is 7.78. The van der Waals surface area contributed by atoms with Crippen LogP contribution < -0.4 is 0 Å². The Morgan fingerprint density at radius 1 is 0.962 bits per heavy atom. The van der Waals surface area contributed by atoms with Gasteiger partial charge in [0.15, 0.2) is 0 Å². The standard InChI is InChI=1S/C20H26N2O3S/c1-21(2)18-5-3-4-14-22(15-18)26(24,25)20-12-8-17(9-13-20)16-6-10-19(23)11-7-16/h6-13,18,23H,3-5,14-15H2,1-2H3. The van der Waals surface area contributed by atoms with Gasteiger partial charge in [-0.25, -0.2) is 8.42 Å². The zero-order chi connectivity index (χ0) is 18.7. The lowest BCUT2D eigenvalue weighted by Gasteiger charge is -2.28. The molecule has 1 unspecified atom stereocenters. The van der Waals surface area contributed by atoms with Crippen LogP contribution in [-0.2, 0) is 10.0 Å². The number of phenolic OH excluding ortho intramolecular Hbond substituents is 1. The van der Waals surface area contributed by atoms with Crippen LogP contribution in [0.3, 0.4) is 0 Å². The van der Waals surface area contributed by atoms with Crippen LogP contribution in [0.1, 0.15) is 19.3 Å². The summed E-state index contributed by atoms with van der Waals surface area (Å²) in [5.74, 6) is 0.213. The highest BCUT2D eigenvalue weighted by Gasteiger charge is 2.29. The molecule has 6 heteroatoms. The van der Waals surface area contributed by atoms with Gasteiger partial charge in [-0.1, -0.05) is 30.7 Å². The monoisotopic (exact) mass is 374 g/mol. The van der Waals surface area contributed by atoms with Gasteiger partial charge in [0, 0.05) is 19.1 Å². The predicted octanol–water partition coefficient (Wildman–Crippen LogP) is 3.16. The molecule has 1 aliphatic rings. The summed E-state index contributed by atoms with van der Waals surface area (Å²) in [6.07, 6.45) is 2.97. The highest BCUT2D eigenvalue weighted by atomic mass is 32.2. The summed E-state index contributed by atoms with van der Waals surface area (Å²) in [4.78, 5) is 2.45. The van der Waals surface area contributed by atoms with Crippen molar-refractivity contribution in [3.63, 3.8) is 0 Å². The average Bonchev–Trinajstić information content (AvgIpc) is 2.89. The highest BCUT2D eigenvalue weighted by Crippen LogP contribution is 2.26. The lowest BCUT2D eigenvalue weighted by molar-refractivity contribution is 0.248. The molecule has 3 rings (SSSR count). The fourth-order valence-electron chi connectivity index (χ4n) is 3.35. The Labute approximate surface area is 155 Å². The van der Waals surface area contributed by atoms with E-state index in [2.05, 4.69) is 4.90 Å². The molecule has 2 aromatic carbocycles. The van der Waals surface area contributed by atoms with E-state index in [1.165, 1.54) is 0 Å². The van der Waals surface area contributed by atoms with Crippen LogP contribution in [0, 0.1) is 0 Å². The molecule has 1 saturated heterocycles. The number of rotatable bonds is 4. The molecule has 1 aliphatic heterocycles. The molecule has 0 spiro atoms. The fourth-order valence-corrected chi connectivity index (χ4v) is 4.86. The third-order valence-electron chi connectivity index (χ3n) is 5.03. The Morgan fingerprint density at radius 2 is 1.54 bits per heavy atom. The molecule has 5 nitrogen and oxygen atoms in total. The van der Waals surface area contributed by atoms with Gasteiger partial charge in [-0.3, -0.25) is 0 Å². The molecule has 1 heterocycles. The normalized spacial score (nSPS) is 19.4. The van der Waals surface area contributed by atoms with Crippen LogP contribution in [0.5, 0.6) is 5.75 Å². The van der Waals surface area contributed by atoms with E-state index in [0.29, 0.717) is 18.0 Å². The molecular formula is C20H26N2O3S. The zero-order valence-electron chi connectivity index (χ0n) is 15.3. The van der Waals surface area contributed by atoms with Crippen molar-refractivity contribution in [1.82, 2.24) is 9.21 Å². The molecule has 1 atom stereocenters. The lowest BCUT2D eigenvalue weighted by atomic mass is 10.1. The van der Waals surface area contributed by atoms with Crippen LogP contribution in [0.15, 0.2) is 53.4 Å². The van der Waals surface area contributed by atoms with Gasteiger partial charge in [-0.15, -0.1) is 0 Å². The van der Waals surface area contributed by atoms with Crippen molar-refractivity contribution in [2.24, 2.45) is 0 Å². The summed E-state index contributed by atoms with van der Waals surface area (Å²) in [7, 11) is 0.524. The smallest absolute Gasteiger partial charge is 0.243 e. The van der Waals surface area contributed by atoms with Gasteiger partial charge in [0.25, 0.3) is 0 Å². The van der Waals surface area contributed by atoms with E-state index in [4.69, 9.17) is 0 Å². The zero-order valence-corrected chi connectivity index (χ0v) is 16.1.